The SMILES string of the molecule is Cc1cc(OCCC(C)Oc2ccc(C(F)(F)F)cc2Oc2ccccc2)ccc1CCC(=O)O. The first-order valence-electron chi connectivity index (χ1n) is 11.2. The quantitative estimate of drug-likeness (QED) is 0.313. The molecule has 0 aliphatic carbocycles. The molecular weight excluding hydrogens is 461 g/mol. The Morgan fingerprint density at radius 3 is 2.37 bits per heavy atom. The summed E-state index contributed by atoms with van der Waals surface area (Å²) in [6.07, 6.45) is -3.87. The van der Waals surface area contributed by atoms with E-state index in [1.54, 1.807) is 43.3 Å². The van der Waals surface area contributed by atoms with Crippen LogP contribution in [-0.2, 0) is 17.4 Å². The molecule has 0 saturated carbocycles. The van der Waals surface area contributed by atoms with Crippen LogP contribution < -0.4 is 14.2 Å². The third-order valence-corrected chi connectivity index (χ3v) is 5.29. The smallest absolute Gasteiger partial charge is 0.416 e. The summed E-state index contributed by atoms with van der Waals surface area (Å²) in [5.41, 5.74) is 1.07. The first kappa shape index (κ1) is 25.9. The van der Waals surface area contributed by atoms with Crippen LogP contribution in [0.1, 0.15) is 36.5 Å². The van der Waals surface area contributed by atoms with E-state index in [0.29, 0.717) is 30.9 Å². The predicted octanol–water partition coefficient (Wildman–Crippen LogP) is 7.06. The normalized spacial score (nSPS) is 12.1. The molecule has 1 atom stereocenters. The Morgan fingerprint density at radius 2 is 1.71 bits per heavy atom. The molecule has 186 valence electrons. The van der Waals surface area contributed by atoms with Crippen molar-refractivity contribution < 1.29 is 37.3 Å². The molecule has 0 bridgehead atoms. The highest BCUT2D eigenvalue weighted by Gasteiger charge is 2.31. The van der Waals surface area contributed by atoms with Crippen LogP contribution in [0.2, 0.25) is 0 Å². The van der Waals surface area contributed by atoms with Crippen molar-refractivity contribution in [1.82, 2.24) is 0 Å². The summed E-state index contributed by atoms with van der Waals surface area (Å²) in [5, 5.41) is 8.84. The molecule has 0 aliphatic rings. The van der Waals surface area contributed by atoms with Gasteiger partial charge in [-0.1, -0.05) is 24.3 Å². The number of carbonyl (C=O) groups is 1. The highest BCUT2D eigenvalue weighted by molar-refractivity contribution is 5.67. The van der Waals surface area contributed by atoms with Crippen molar-refractivity contribution in [2.24, 2.45) is 0 Å². The zero-order valence-corrected chi connectivity index (χ0v) is 19.5. The zero-order chi connectivity index (χ0) is 25.4. The van der Waals surface area contributed by atoms with Gasteiger partial charge in [-0.15, -0.1) is 0 Å². The largest absolute Gasteiger partial charge is 0.493 e. The molecule has 1 N–H and O–H groups in total. The summed E-state index contributed by atoms with van der Waals surface area (Å²) in [6, 6.07) is 17.2. The summed E-state index contributed by atoms with van der Waals surface area (Å²) < 4.78 is 57.0. The number of hydrogen-bond acceptors (Lipinski definition) is 4. The third kappa shape index (κ3) is 7.95. The van der Waals surface area contributed by atoms with Crippen molar-refractivity contribution in [2.75, 3.05) is 6.61 Å². The number of para-hydroxylation sites is 1. The van der Waals surface area contributed by atoms with Crippen molar-refractivity contribution in [3.63, 3.8) is 0 Å². The molecule has 0 aromatic heterocycles. The first-order valence-corrected chi connectivity index (χ1v) is 11.2. The van der Waals surface area contributed by atoms with E-state index in [9.17, 15) is 18.0 Å². The fourth-order valence-electron chi connectivity index (χ4n) is 3.38. The minimum Gasteiger partial charge on any atom is -0.493 e. The van der Waals surface area contributed by atoms with Crippen LogP contribution >= 0.6 is 0 Å². The van der Waals surface area contributed by atoms with Crippen LogP contribution in [0.25, 0.3) is 0 Å². The highest BCUT2D eigenvalue weighted by Crippen LogP contribution is 2.38. The number of aliphatic carboxylic acids is 1. The number of rotatable bonds is 11. The maximum atomic E-state index is 13.2. The molecule has 3 aromatic rings. The summed E-state index contributed by atoms with van der Waals surface area (Å²) in [4.78, 5) is 10.8. The van der Waals surface area contributed by atoms with E-state index in [1.807, 2.05) is 19.1 Å². The van der Waals surface area contributed by atoms with Crippen LogP contribution in [0.15, 0.2) is 66.7 Å². The molecule has 5 nitrogen and oxygen atoms in total. The van der Waals surface area contributed by atoms with Crippen molar-refractivity contribution in [2.45, 2.75) is 45.4 Å². The number of aryl methyl sites for hydroxylation is 2. The van der Waals surface area contributed by atoms with Gasteiger partial charge < -0.3 is 19.3 Å². The Hall–Kier alpha value is -3.68. The minimum atomic E-state index is -4.51. The van der Waals surface area contributed by atoms with E-state index < -0.39 is 17.7 Å². The lowest BCUT2D eigenvalue weighted by atomic mass is 10.0. The monoisotopic (exact) mass is 488 g/mol. The molecule has 8 heteroatoms. The number of benzene rings is 3. The predicted molar refractivity (Wildman–Crippen MR) is 125 cm³/mol. The van der Waals surface area contributed by atoms with E-state index >= 15 is 0 Å². The molecule has 0 heterocycles. The van der Waals surface area contributed by atoms with Gasteiger partial charge in [0.25, 0.3) is 0 Å². The Morgan fingerprint density at radius 1 is 0.971 bits per heavy atom. The number of halogens is 3. The van der Waals surface area contributed by atoms with Gasteiger partial charge in [0.1, 0.15) is 11.5 Å². The van der Waals surface area contributed by atoms with Crippen molar-refractivity contribution in [1.29, 1.82) is 0 Å². The van der Waals surface area contributed by atoms with Gasteiger partial charge in [-0.3, -0.25) is 4.79 Å². The number of ether oxygens (including phenoxy) is 3. The lowest BCUT2D eigenvalue weighted by Crippen LogP contribution is -2.16. The van der Waals surface area contributed by atoms with Gasteiger partial charge in [0.2, 0.25) is 0 Å². The molecule has 0 amide bonds. The maximum absolute atomic E-state index is 13.2. The molecule has 0 saturated heterocycles. The fourth-order valence-corrected chi connectivity index (χ4v) is 3.38. The van der Waals surface area contributed by atoms with Crippen LogP contribution in [-0.4, -0.2) is 23.8 Å². The van der Waals surface area contributed by atoms with E-state index in [-0.39, 0.29) is 24.0 Å². The maximum Gasteiger partial charge on any atom is 0.416 e. The summed E-state index contributed by atoms with van der Waals surface area (Å²) in [7, 11) is 0. The van der Waals surface area contributed by atoms with Crippen LogP contribution in [0.4, 0.5) is 13.2 Å². The van der Waals surface area contributed by atoms with Crippen LogP contribution in [0, 0.1) is 6.92 Å². The van der Waals surface area contributed by atoms with E-state index in [4.69, 9.17) is 19.3 Å². The second-order valence-corrected chi connectivity index (χ2v) is 8.12. The van der Waals surface area contributed by atoms with E-state index in [0.717, 1.165) is 23.3 Å². The number of alkyl halides is 3. The number of carboxylic acids is 1. The Balaban J connectivity index is 1.61. The molecular formula is C27H27F3O5. The van der Waals surface area contributed by atoms with Gasteiger partial charge in [-0.05, 0) is 73.9 Å². The summed E-state index contributed by atoms with van der Waals surface area (Å²) in [6.45, 7) is 4.02. The molecule has 1 unspecified atom stereocenters. The molecule has 0 aliphatic heterocycles. The van der Waals surface area contributed by atoms with Crippen LogP contribution in [0.5, 0.6) is 23.0 Å². The van der Waals surface area contributed by atoms with Crippen molar-refractivity contribution in [3.8, 4) is 23.0 Å². The minimum absolute atomic E-state index is 0.0219. The highest BCUT2D eigenvalue weighted by atomic mass is 19.4. The average Bonchev–Trinajstić information content (AvgIpc) is 2.79. The van der Waals surface area contributed by atoms with E-state index in [1.165, 1.54) is 6.07 Å². The number of hydrogen-bond donors (Lipinski definition) is 1. The van der Waals surface area contributed by atoms with Gasteiger partial charge in [0.05, 0.1) is 18.3 Å². The fraction of sp³-hybridized carbons (Fsp3) is 0.296. The van der Waals surface area contributed by atoms with Crippen molar-refractivity contribution in [3.05, 3.63) is 83.4 Å². The van der Waals surface area contributed by atoms with Crippen molar-refractivity contribution >= 4 is 5.97 Å². The van der Waals surface area contributed by atoms with Gasteiger partial charge in [-0.25, -0.2) is 0 Å². The second-order valence-electron chi connectivity index (χ2n) is 8.12. The Kier molecular flexibility index (Phi) is 8.63. The summed E-state index contributed by atoms with van der Waals surface area (Å²) >= 11 is 0. The lowest BCUT2D eigenvalue weighted by Gasteiger charge is -2.19. The molecule has 0 radical (unpaired) electrons. The van der Waals surface area contributed by atoms with Gasteiger partial charge in [0, 0.05) is 12.8 Å². The Labute approximate surface area is 202 Å². The van der Waals surface area contributed by atoms with Crippen LogP contribution in [0.3, 0.4) is 0 Å². The lowest BCUT2D eigenvalue weighted by molar-refractivity contribution is -0.138. The standard InChI is InChI=1S/C27H27F3O5/c1-18-16-23(11-8-20(18)9-13-26(31)32)33-15-14-19(2)34-24-12-10-21(27(28,29)30)17-25(24)35-22-6-4-3-5-7-22/h3-8,10-12,16-17,19H,9,13-15H2,1-2H3,(H,31,32). The van der Waals surface area contributed by atoms with Gasteiger partial charge in [-0.2, -0.15) is 13.2 Å². The molecule has 0 spiro atoms. The second kappa shape index (κ2) is 11.6. The summed E-state index contributed by atoms with van der Waals surface area (Å²) in [5.74, 6) is 0.384. The molecule has 35 heavy (non-hydrogen) atoms. The van der Waals surface area contributed by atoms with Gasteiger partial charge >= 0.3 is 12.1 Å². The molecule has 0 fully saturated rings. The van der Waals surface area contributed by atoms with E-state index in [2.05, 4.69) is 0 Å². The zero-order valence-electron chi connectivity index (χ0n) is 19.5. The Bertz CT molecular complexity index is 1130. The molecule has 3 rings (SSSR count). The average molecular weight is 489 g/mol. The molecule has 3 aromatic carbocycles. The van der Waals surface area contributed by atoms with Gasteiger partial charge in [0.15, 0.2) is 11.5 Å². The first-order chi connectivity index (χ1) is 16.6. The third-order valence-electron chi connectivity index (χ3n) is 5.29. The topological polar surface area (TPSA) is 65.0 Å². The number of carboxylic acid groups (broad SMARTS) is 1.